The van der Waals surface area contributed by atoms with Gasteiger partial charge in [0.2, 0.25) is 24.0 Å². The zero-order valence-electron chi connectivity index (χ0n) is 78.9. The van der Waals surface area contributed by atoms with Crippen molar-refractivity contribution in [2.75, 3.05) is 149 Å². The third kappa shape index (κ3) is 33.0. The van der Waals surface area contributed by atoms with Crippen molar-refractivity contribution in [2.45, 2.75) is 207 Å². The number of nitrogens with two attached hydrogens (primary N) is 2. The highest BCUT2D eigenvalue weighted by Gasteiger charge is 2.40. The number of aryl methyl sites for hydroxylation is 1. The summed E-state index contributed by atoms with van der Waals surface area (Å²) >= 11 is 0. The molecule has 133 heavy (non-hydrogen) atoms. The number of carbonyl (C=O) groups is 8. The van der Waals surface area contributed by atoms with E-state index >= 15 is 0 Å². The first kappa shape index (κ1) is 104. The molecule has 7 unspecified atom stereocenters. The minimum atomic E-state index is -1.05. The lowest BCUT2D eigenvalue weighted by molar-refractivity contribution is -0.161. The van der Waals surface area contributed by atoms with Crippen molar-refractivity contribution in [3.05, 3.63) is 137 Å². The maximum atomic E-state index is 13.6. The quantitative estimate of drug-likeness (QED) is 0.00516. The number of methoxy groups -OCH3 is 1. The van der Waals surface area contributed by atoms with Crippen LogP contribution in [0.25, 0.3) is 33.4 Å². The normalized spacial score (nSPS) is 19.3. The van der Waals surface area contributed by atoms with E-state index in [0.29, 0.717) is 207 Å². The second kappa shape index (κ2) is 55.0. The van der Waals surface area contributed by atoms with E-state index in [4.69, 9.17) is 49.4 Å². The van der Waals surface area contributed by atoms with E-state index in [1.54, 1.807) is 72.4 Å². The van der Waals surface area contributed by atoms with Crippen LogP contribution in [-0.2, 0) is 81.4 Å². The number of benzene rings is 2. The zero-order chi connectivity index (χ0) is 95.0. The first-order chi connectivity index (χ1) is 64.4. The summed E-state index contributed by atoms with van der Waals surface area (Å²) < 4.78 is 43.2. The van der Waals surface area contributed by atoms with Crippen LogP contribution >= 0.6 is 0 Å². The molecule has 3 aliphatic heterocycles. The number of aliphatic hydroxyl groups is 1. The Hall–Kier alpha value is -11.0. The topological polar surface area (TPSA) is 433 Å². The van der Waals surface area contributed by atoms with E-state index in [9.17, 15) is 43.5 Å². The van der Waals surface area contributed by atoms with Gasteiger partial charge in [-0.1, -0.05) is 82.4 Å². The summed E-state index contributed by atoms with van der Waals surface area (Å²) in [4.78, 5) is 142. The average molecular weight is 1840 g/mol. The maximum Gasteiger partial charge on any atom is 0.293 e. The highest BCUT2D eigenvalue weighted by atomic mass is 16.5. The van der Waals surface area contributed by atoms with Crippen LogP contribution in [0.4, 0.5) is 17.8 Å². The standard InChI is InChI=1S/C99H140N18O16/c1-67(17-12-10-13-18-68(2)88(127-9)56-82-27-20-69(3)93(132-82)92(124)97(126)115-38-14-11-15-39-115)51-70(4)85(121)57-86(122)72(6)52-71(5)84(120)55-81(131-66-119)30-24-73-22-28-80(29-23-73)130-63-75(58-103-8)59-104-36-41-114(40-35-102-7)89(123)33-48-129-50-46-113-42-44-116(45-43-113)99-107-60-79(61-108-99)96(125)106-37-49-128-47-16-19-76-25-21-74(53-77(76)32-34-105-65-118)62-117-95-90(94(100)109-64-110-95)91(112-117)78-26-31-87-83(54-78)111-98(101)133-87/h10,12-13,17-18,21,25-26,31,52-54,58-61,64-67,69-71,73,80-82,86,88,93,102,122H,8,11,14-16,19-20,22-24,27-30,32-51,55-57,62-63H2,1-7,9H3,(H2,101,111)(H,105,118)(H,106,125)(H2,100,109,110)/b13-10+,17-12+,68-18+,72-52+,75-58+,104-59-/t67?,69-,70?,71?,73?,80?,81?,82+,86?,88?,93?/m1/s1. The number of hydrogen-bond acceptors (Lipinski definition) is 29. The van der Waals surface area contributed by atoms with Crippen LogP contribution in [0.1, 0.15) is 178 Å². The van der Waals surface area contributed by atoms with Gasteiger partial charge in [0.05, 0.1) is 81.3 Å². The minimum Gasteiger partial charge on any atom is -0.464 e. The molecule has 4 fully saturated rings. The van der Waals surface area contributed by atoms with Crippen LogP contribution in [0.2, 0.25) is 0 Å². The van der Waals surface area contributed by atoms with E-state index in [-0.39, 0.29) is 84.7 Å². The zero-order valence-corrected chi connectivity index (χ0v) is 78.9. The number of nitrogens with zero attached hydrogens (tertiary/aromatic N) is 13. The minimum absolute atomic E-state index is 0.0175. The van der Waals surface area contributed by atoms with Gasteiger partial charge in [-0.15, -0.1) is 0 Å². The molecule has 0 spiro atoms. The number of aliphatic imine (C=N–C) groups is 2. The molecule has 2 aromatic carbocycles. The number of likely N-dealkylation sites (tertiary alicyclic amines) is 1. The third-order valence-corrected chi connectivity index (χ3v) is 25.6. The number of nitrogens with one attached hydrogen (secondary N) is 3. The summed E-state index contributed by atoms with van der Waals surface area (Å²) in [5.74, 6) is -0.980. The Morgan fingerprint density at radius 1 is 0.820 bits per heavy atom. The first-order valence-corrected chi connectivity index (χ1v) is 47.3. The summed E-state index contributed by atoms with van der Waals surface area (Å²) in [6.07, 6.45) is 30.1. The van der Waals surface area contributed by atoms with Gasteiger partial charge < -0.3 is 80.1 Å². The number of fused-ring (bicyclic) bond motifs is 2. The Labute approximate surface area is 781 Å². The van der Waals surface area contributed by atoms with Crippen molar-refractivity contribution < 1.29 is 76.3 Å². The lowest BCUT2D eigenvalue weighted by atomic mass is 9.83. The van der Waals surface area contributed by atoms with Gasteiger partial charge in [0.1, 0.15) is 47.1 Å². The van der Waals surface area contributed by atoms with Crippen molar-refractivity contribution in [3.63, 3.8) is 0 Å². The monoisotopic (exact) mass is 1840 g/mol. The van der Waals surface area contributed by atoms with E-state index < -0.39 is 35.9 Å². The van der Waals surface area contributed by atoms with Crippen molar-refractivity contribution >= 4 is 101 Å². The Morgan fingerprint density at radius 3 is 2.35 bits per heavy atom. The maximum absolute atomic E-state index is 13.6. The molecule has 7 heterocycles. The van der Waals surface area contributed by atoms with Gasteiger partial charge in [-0.05, 0) is 188 Å². The average Bonchev–Trinajstić information content (AvgIpc) is 1.61. The molecule has 0 bridgehead atoms. The van der Waals surface area contributed by atoms with Crippen molar-refractivity contribution in [2.24, 2.45) is 39.6 Å². The van der Waals surface area contributed by atoms with Crippen LogP contribution in [0.15, 0.2) is 129 Å². The van der Waals surface area contributed by atoms with Gasteiger partial charge in [0.15, 0.2) is 11.2 Å². The number of piperidine rings is 1. The number of rotatable bonds is 57. The largest absolute Gasteiger partial charge is 0.464 e. The number of aliphatic hydroxyl groups excluding tert-OH is 1. The number of carbonyl (C=O) groups excluding carboxylic acids is 8. The number of amides is 4. The molecule has 3 saturated heterocycles. The fourth-order valence-corrected chi connectivity index (χ4v) is 17.6. The molecule has 6 aromatic rings. The second-order valence-corrected chi connectivity index (χ2v) is 35.6. The lowest BCUT2D eigenvalue weighted by Gasteiger charge is -2.36. The molecule has 8 N–H and O–H groups in total. The summed E-state index contributed by atoms with van der Waals surface area (Å²) in [6, 6.07) is 11.9. The molecule has 722 valence electrons. The summed E-state index contributed by atoms with van der Waals surface area (Å²) in [6.45, 7) is 25.3. The predicted octanol–water partition coefficient (Wildman–Crippen LogP) is 10.2. The fraction of sp³-hybridized carbons (Fsp3) is 0.576. The third-order valence-electron chi connectivity index (χ3n) is 25.6. The molecule has 4 aromatic heterocycles. The Bertz CT molecular complexity index is 4950. The number of likely N-dealkylation sites (N-methyl/N-ethyl adjacent to an activating group) is 1. The molecule has 34 nitrogen and oxygen atoms in total. The molecule has 1 aliphatic carbocycles. The highest BCUT2D eigenvalue weighted by Crippen LogP contribution is 2.36. The fourth-order valence-electron chi connectivity index (χ4n) is 17.6. The van der Waals surface area contributed by atoms with Crippen molar-refractivity contribution in [1.82, 2.24) is 65.4 Å². The lowest BCUT2D eigenvalue weighted by Crippen LogP contribution is -2.49. The van der Waals surface area contributed by atoms with Gasteiger partial charge >= 0.3 is 0 Å². The van der Waals surface area contributed by atoms with Crippen LogP contribution in [-0.4, -0.2) is 284 Å². The molecule has 0 radical (unpaired) electrons. The van der Waals surface area contributed by atoms with Gasteiger partial charge in [-0.3, -0.25) is 53.2 Å². The molecule has 9 atom stereocenters. The Kier molecular flexibility index (Phi) is 43.1. The van der Waals surface area contributed by atoms with E-state index in [0.717, 1.165) is 124 Å². The number of aromatic nitrogens is 7. The number of allylic oxidation sites excluding steroid dienone is 6. The number of anilines is 3. The predicted molar refractivity (Wildman–Crippen MR) is 512 cm³/mol. The molecular weight excluding hydrogens is 1700 g/mol. The number of ether oxygens (including phenoxy) is 6. The second-order valence-electron chi connectivity index (χ2n) is 35.6. The number of Topliss-reactive ketones (excluding diaryl/α,β-unsaturated/α-hetero) is 3. The van der Waals surface area contributed by atoms with Crippen molar-refractivity contribution in [3.8, 4) is 11.3 Å². The summed E-state index contributed by atoms with van der Waals surface area (Å²) in [5, 5.41) is 25.6. The Balaban J connectivity index is 0.546. The molecule has 4 amide bonds. The molecule has 1 saturated carbocycles. The van der Waals surface area contributed by atoms with Crippen molar-refractivity contribution in [1.29, 1.82) is 0 Å². The van der Waals surface area contributed by atoms with E-state index in [2.05, 4.69) is 85.6 Å². The number of ketones is 3. The molecular formula is C99H140N18O16. The molecule has 34 heteroatoms. The number of nitrogen functional groups attached to an aromatic ring is 2. The van der Waals surface area contributed by atoms with Crippen LogP contribution in [0.5, 0.6) is 0 Å². The SMILES string of the molecule is C=N/C=C(\C=N/CCN(CCNC)C(=O)CCOCCN1CCN(c2ncc(C(=O)NCCOCCCc3ccc(Cn4nc(-c5ccc6oc(N)nc6c5)c5c(N)ncnc54)cc3CCNC=O)cn2)CC1)COC1CCC(CCC(CC(=O)C(C)/C=C(\C)C(O)CC(=O)C(C)CC(C)/C=C/C=C/C=C(\C)C(C[C@@H]2CC[C@@H](C)C(C(=O)C(=O)N3CCCCC3)O2)OC)OC=O)CC1. The summed E-state index contributed by atoms with van der Waals surface area (Å²) in [7, 11) is 3.51. The molecule has 4 aliphatic rings. The highest BCUT2D eigenvalue weighted by molar-refractivity contribution is 6.38. The molecule has 10 rings (SSSR count). The number of hydrogen-bond donors (Lipinski definition) is 6. The van der Waals surface area contributed by atoms with Crippen LogP contribution in [0, 0.1) is 29.6 Å². The van der Waals surface area contributed by atoms with Crippen LogP contribution < -0.4 is 32.3 Å². The van der Waals surface area contributed by atoms with Gasteiger partial charge in [0, 0.05) is 159 Å². The number of piperazine rings is 1. The van der Waals surface area contributed by atoms with E-state index in [1.807, 2.05) is 77.3 Å². The van der Waals surface area contributed by atoms with Gasteiger partial charge in [-0.25, -0.2) is 24.6 Å². The summed E-state index contributed by atoms with van der Waals surface area (Å²) in [5.41, 5.74) is 21.2. The number of oxazole rings is 1. The Morgan fingerprint density at radius 2 is 1.60 bits per heavy atom. The van der Waals surface area contributed by atoms with E-state index in [1.165, 1.54) is 6.33 Å². The van der Waals surface area contributed by atoms with Gasteiger partial charge in [-0.2, -0.15) is 10.1 Å². The smallest absolute Gasteiger partial charge is 0.293 e. The van der Waals surface area contributed by atoms with Crippen LogP contribution in [0.3, 0.4) is 0 Å². The van der Waals surface area contributed by atoms with Gasteiger partial charge in [0.25, 0.3) is 24.3 Å². The first-order valence-electron chi connectivity index (χ1n) is 47.3.